The minimum absolute atomic E-state index is 0.0578. The molecule has 5 heteroatoms. The Labute approximate surface area is 97.2 Å². The highest BCUT2D eigenvalue weighted by Crippen LogP contribution is 2.45. The molecule has 0 saturated carbocycles. The molecule has 0 aliphatic rings. The van der Waals surface area contributed by atoms with E-state index in [4.69, 9.17) is 0 Å². The Hall–Kier alpha value is -1.62. The van der Waals surface area contributed by atoms with Gasteiger partial charge in [0.1, 0.15) is 4.90 Å². The minimum atomic E-state index is -7.23. The maximum atomic E-state index is 13.0. The van der Waals surface area contributed by atoms with Crippen molar-refractivity contribution in [1.29, 1.82) is 0 Å². The van der Waals surface area contributed by atoms with Gasteiger partial charge in [-0.15, -0.1) is 0 Å². The SMILES string of the molecule is O=S(F)(F)(F)c1ccccc1-c1ccccc1. The van der Waals surface area contributed by atoms with Crippen LogP contribution in [0.5, 0.6) is 0 Å². The predicted molar refractivity (Wildman–Crippen MR) is 61.6 cm³/mol. The Bertz CT molecular complexity index is 593. The lowest BCUT2D eigenvalue weighted by Gasteiger charge is -2.18. The molecule has 0 spiro atoms. The van der Waals surface area contributed by atoms with Crippen molar-refractivity contribution in [2.75, 3.05) is 0 Å². The predicted octanol–water partition coefficient (Wildman–Crippen LogP) is 4.19. The molecule has 0 aromatic heterocycles. The molecule has 0 aliphatic heterocycles. The lowest BCUT2D eigenvalue weighted by atomic mass is 10.1. The molecule has 0 N–H and O–H groups in total. The summed E-state index contributed by atoms with van der Waals surface area (Å²) in [5.41, 5.74) is 0.340. The van der Waals surface area contributed by atoms with E-state index in [2.05, 4.69) is 0 Å². The standard InChI is InChI=1S/C12H9F3OS/c13-17(14,15,16)12-9-5-4-8-11(12)10-6-2-1-3-7-10/h1-9H. The van der Waals surface area contributed by atoms with E-state index in [-0.39, 0.29) is 5.56 Å². The molecule has 0 aliphatic carbocycles. The average Bonchev–Trinajstić information content (AvgIpc) is 2.28. The van der Waals surface area contributed by atoms with Gasteiger partial charge in [0, 0.05) is 5.56 Å². The second kappa shape index (κ2) is 3.70. The van der Waals surface area contributed by atoms with E-state index < -0.39 is 15.1 Å². The molecule has 0 fully saturated rings. The number of hydrogen-bond donors (Lipinski definition) is 0. The summed E-state index contributed by atoms with van der Waals surface area (Å²) in [4.78, 5) is -1.06. The van der Waals surface area contributed by atoms with Crippen LogP contribution in [0, 0.1) is 0 Å². The molecular weight excluding hydrogens is 249 g/mol. The molecule has 2 rings (SSSR count). The van der Waals surface area contributed by atoms with Gasteiger partial charge in [0.2, 0.25) is 0 Å². The topological polar surface area (TPSA) is 17.1 Å². The van der Waals surface area contributed by atoms with E-state index >= 15 is 0 Å². The van der Waals surface area contributed by atoms with Crippen LogP contribution in [-0.4, -0.2) is 4.21 Å². The third kappa shape index (κ3) is 2.55. The van der Waals surface area contributed by atoms with Crippen molar-refractivity contribution in [3.05, 3.63) is 54.6 Å². The number of hydrogen-bond acceptors (Lipinski definition) is 1. The Morgan fingerprint density at radius 3 is 1.88 bits per heavy atom. The molecule has 2 aromatic carbocycles. The first-order valence-corrected chi connectivity index (χ1v) is 6.49. The summed E-state index contributed by atoms with van der Waals surface area (Å²) in [6.07, 6.45) is 0. The van der Waals surface area contributed by atoms with Gasteiger partial charge in [-0.05, 0) is 11.6 Å². The van der Waals surface area contributed by atoms with Gasteiger partial charge < -0.3 is 0 Å². The van der Waals surface area contributed by atoms with Crippen LogP contribution in [-0.2, 0) is 10.2 Å². The first-order valence-electron chi connectivity index (χ1n) is 4.82. The van der Waals surface area contributed by atoms with Crippen molar-refractivity contribution in [2.24, 2.45) is 0 Å². The molecular formula is C12H9F3OS. The molecule has 90 valence electrons. The van der Waals surface area contributed by atoms with Gasteiger partial charge in [-0.3, -0.25) is 0 Å². The smallest absolute Gasteiger partial charge is 0.184 e. The van der Waals surface area contributed by atoms with Crippen molar-refractivity contribution in [3.8, 4) is 11.1 Å². The number of benzene rings is 2. The zero-order valence-corrected chi connectivity index (χ0v) is 9.46. The Morgan fingerprint density at radius 1 is 0.765 bits per heavy atom. The fourth-order valence-corrected chi connectivity index (χ4v) is 2.41. The highest BCUT2D eigenvalue weighted by atomic mass is 32.4. The zero-order chi connectivity index (χ0) is 12.5. The molecule has 0 heterocycles. The average molecular weight is 258 g/mol. The summed E-state index contributed by atoms with van der Waals surface area (Å²) >= 11 is 0. The van der Waals surface area contributed by atoms with Crippen molar-refractivity contribution in [3.63, 3.8) is 0 Å². The van der Waals surface area contributed by atoms with E-state index in [0.717, 1.165) is 6.07 Å². The lowest BCUT2D eigenvalue weighted by Crippen LogP contribution is -2.13. The quantitative estimate of drug-likeness (QED) is 0.738. The fourth-order valence-electron chi connectivity index (χ4n) is 1.60. The monoisotopic (exact) mass is 258 g/mol. The molecule has 0 amide bonds. The van der Waals surface area contributed by atoms with Crippen molar-refractivity contribution in [1.82, 2.24) is 0 Å². The first-order chi connectivity index (χ1) is 7.85. The van der Waals surface area contributed by atoms with Crippen LogP contribution in [0.4, 0.5) is 11.7 Å². The Morgan fingerprint density at radius 2 is 1.29 bits per heavy atom. The fraction of sp³-hybridized carbons (Fsp3) is 0. The third-order valence-corrected chi connectivity index (χ3v) is 3.35. The van der Waals surface area contributed by atoms with Crippen LogP contribution < -0.4 is 0 Å². The molecule has 2 aromatic rings. The lowest BCUT2D eigenvalue weighted by molar-refractivity contribution is 0.472. The summed E-state index contributed by atoms with van der Waals surface area (Å²) < 4.78 is 49.7. The molecule has 17 heavy (non-hydrogen) atoms. The summed E-state index contributed by atoms with van der Waals surface area (Å²) in [6.45, 7) is 0. The van der Waals surface area contributed by atoms with E-state index in [1.165, 1.54) is 18.2 Å². The highest BCUT2D eigenvalue weighted by Gasteiger charge is 2.39. The molecule has 0 bridgehead atoms. The largest absolute Gasteiger partial charge is 0.322 e. The second-order valence-corrected chi connectivity index (χ2v) is 5.34. The molecule has 0 radical (unpaired) electrons. The van der Waals surface area contributed by atoms with Crippen LogP contribution in [0.15, 0.2) is 59.5 Å². The Balaban J connectivity index is 2.70. The van der Waals surface area contributed by atoms with Gasteiger partial charge in [-0.2, -0.15) is 4.21 Å². The van der Waals surface area contributed by atoms with E-state index in [1.54, 1.807) is 30.3 Å². The van der Waals surface area contributed by atoms with Gasteiger partial charge >= 0.3 is 10.2 Å². The molecule has 0 unspecified atom stereocenters. The summed E-state index contributed by atoms with van der Waals surface area (Å²) in [5, 5.41) is 0. The molecule has 0 atom stereocenters. The normalized spacial score (nSPS) is 13.9. The summed E-state index contributed by atoms with van der Waals surface area (Å²) in [7, 11) is -7.23. The van der Waals surface area contributed by atoms with Crippen LogP contribution >= 0.6 is 0 Å². The van der Waals surface area contributed by atoms with Gasteiger partial charge in [-0.1, -0.05) is 60.2 Å². The maximum Gasteiger partial charge on any atom is 0.322 e. The van der Waals surface area contributed by atoms with E-state index in [9.17, 15) is 15.9 Å². The number of rotatable bonds is 2. The van der Waals surface area contributed by atoms with Crippen molar-refractivity contribution >= 4 is 10.2 Å². The van der Waals surface area contributed by atoms with Crippen LogP contribution in [0.2, 0.25) is 0 Å². The summed E-state index contributed by atoms with van der Waals surface area (Å²) in [5.74, 6) is 0. The van der Waals surface area contributed by atoms with Gasteiger partial charge in [0.25, 0.3) is 0 Å². The Kier molecular flexibility index (Phi) is 2.58. The second-order valence-electron chi connectivity index (χ2n) is 3.54. The third-order valence-electron chi connectivity index (χ3n) is 2.31. The number of halogens is 3. The molecule has 0 saturated heterocycles. The van der Waals surface area contributed by atoms with Crippen LogP contribution in [0.1, 0.15) is 0 Å². The highest BCUT2D eigenvalue weighted by molar-refractivity contribution is 8.06. The van der Waals surface area contributed by atoms with Crippen molar-refractivity contribution < 1.29 is 15.9 Å². The van der Waals surface area contributed by atoms with Crippen molar-refractivity contribution in [2.45, 2.75) is 4.90 Å². The molecule has 1 nitrogen and oxygen atoms in total. The first kappa shape index (κ1) is 11.9. The minimum Gasteiger partial charge on any atom is -0.184 e. The van der Waals surface area contributed by atoms with E-state index in [1.807, 2.05) is 0 Å². The van der Waals surface area contributed by atoms with Gasteiger partial charge in [-0.25, -0.2) is 0 Å². The van der Waals surface area contributed by atoms with Crippen LogP contribution in [0.25, 0.3) is 11.1 Å². The summed E-state index contributed by atoms with van der Waals surface area (Å²) in [6, 6.07) is 13.0. The van der Waals surface area contributed by atoms with E-state index in [0.29, 0.717) is 5.56 Å². The van der Waals surface area contributed by atoms with Gasteiger partial charge in [0.15, 0.2) is 0 Å². The van der Waals surface area contributed by atoms with Crippen LogP contribution in [0.3, 0.4) is 0 Å². The maximum absolute atomic E-state index is 13.0. The zero-order valence-electron chi connectivity index (χ0n) is 8.65. The van der Waals surface area contributed by atoms with Gasteiger partial charge in [0.05, 0.1) is 0 Å².